The molecule has 0 bridgehead atoms. The molecule has 4 atom stereocenters. The van der Waals surface area contributed by atoms with Crippen molar-refractivity contribution in [1.82, 2.24) is 9.55 Å². The summed E-state index contributed by atoms with van der Waals surface area (Å²) in [5.41, 5.74) is 0.983. The summed E-state index contributed by atoms with van der Waals surface area (Å²) < 4.78 is 38.5. The van der Waals surface area contributed by atoms with Crippen molar-refractivity contribution in [3.8, 4) is 11.5 Å². The standard InChI is InChI=1S/C33H35N2O8PSSe/c1-22-20-35(32(37)34-31(22)36)30-19-28(43-44(45)41-17-18-46-44)29(42-30)21-40-33(23-7-5-4-6-8-23,24-9-13-26(38-2)14-10-24)25-11-15-27(39-3)16-12-25/h4-16,20,28-30H,17-19,21H2,1-3H3,(H,34,36,37)/t28-,29+,30+,44?/m0/s1. The molecular weight excluding hydrogens is 694 g/mol. The molecule has 0 amide bonds. The Morgan fingerprint density at radius 3 is 2.13 bits per heavy atom. The number of H-pyrrole nitrogens is 1. The minimum absolute atomic E-state index is 0.0389. The van der Waals surface area contributed by atoms with E-state index in [1.165, 1.54) is 10.8 Å². The van der Waals surface area contributed by atoms with Crippen LogP contribution in [0.4, 0.5) is 0 Å². The quantitative estimate of drug-likeness (QED) is 0.131. The number of methoxy groups -OCH3 is 2. The van der Waals surface area contributed by atoms with Crippen LogP contribution >= 0.6 is 5.18 Å². The molecule has 2 aliphatic rings. The van der Waals surface area contributed by atoms with Crippen molar-refractivity contribution in [2.75, 3.05) is 27.4 Å². The zero-order valence-electron chi connectivity index (χ0n) is 25.6. The number of hydrogen-bond acceptors (Lipinski definition) is 9. The topological polar surface area (TPSA) is 110 Å². The second-order valence-corrected chi connectivity index (χ2v) is 21.1. The molecule has 0 aliphatic carbocycles. The Morgan fingerprint density at radius 1 is 0.957 bits per heavy atom. The molecule has 46 heavy (non-hydrogen) atoms. The van der Waals surface area contributed by atoms with Crippen LogP contribution in [0.15, 0.2) is 94.6 Å². The van der Waals surface area contributed by atoms with Gasteiger partial charge in [-0.1, -0.05) is 0 Å². The normalized spacial score (nSPS) is 23.0. The molecule has 3 heterocycles. The summed E-state index contributed by atoms with van der Waals surface area (Å²) in [6.07, 6.45) is 0.0369. The van der Waals surface area contributed by atoms with E-state index in [9.17, 15) is 9.59 Å². The van der Waals surface area contributed by atoms with Gasteiger partial charge in [-0.15, -0.1) is 0 Å². The van der Waals surface area contributed by atoms with Gasteiger partial charge < -0.3 is 0 Å². The monoisotopic (exact) mass is 730 g/mol. The number of hydrogen-bond donors (Lipinski definition) is 1. The van der Waals surface area contributed by atoms with Crippen LogP contribution in [0.2, 0.25) is 5.32 Å². The average molecular weight is 730 g/mol. The van der Waals surface area contributed by atoms with Crippen LogP contribution < -0.4 is 20.7 Å². The molecular formula is C33H35N2O8PSSe. The molecule has 6 rings (SSSR count). The first-order valence-corrected chi connectivity index (χ1v) is 20.8. The molecule has 0 spiro atoms. The molecule has 1 N–H and O–H groups in total. The first kappa shape index (κ1) is 32.9. The van der Waals surface area contributed by atoms with Gasteiger partial charge in [0.15, 0.2) is 0 Å². The van der Waals surface area contributed by atoms with Gasteiger partial charge in [0.25, 0.3) is 0 Å². The van der Waals surface area contributed by atoms with E-state index in [0.29, 0.717) is 18.6 Å². The Morgan fingerprint density at radius 2 is 1.57 bits per heavy atom. The van der Waals surface area contributed by atoms with E-state index in [0.717, 1.165) is 33.5 Å². The summed E-state index contributed by atoms with van der Waals surface area (Å²) in [5, 5.41) is -1.58. The maximum absolute atomic E-state index is 12.9. The van der Waals surface area contributed by atoms with E-state index in [1.807, 2.05) is 78.9 Å². The van der Waals surface area contributed by atoms with Crippen molar-refractivity contribution in [2.24, 2.45) is 0 Å². The van der Waals surface area contributed by atoms with E-state index >= 15 is 0 Å². The molecule has 1 aromatic heterocycles. The first-order chi connectivity index (χ1) is 22.2. The molecule has 2 fully saturated rings. The molecule has 4 aromatic rings. The Hall–Kier alpha value is -3.05. The van der Waals surface area contributed by atoms with Gasteiger partial charge in [-0.3, -0.25) is 0 Å². The van der Waals surface area contributed by atoms with Crippen LogP contribution in [0.25, 0.3) is 0 Å². The second-order valence-electron chi connectivity index (χ2n) is 10.9. The fraction of sp³-hybridized carbons (Fsp3) is 0.333. The summed E-state index contributed by atoms with van der Waals surface area (Å²) in [7, 11) is 3.26. The number of aromatic amines is 1. The summed E-state index contributed by atoms with van der Waals surface area (Å²) in [6.45, 7) is 2.32. The van der Waals surface area contributed by atoms with Gasteiger partial charge in [-0.2, -0.15) is 0 Å². The first-order valence-electron chi connectivity index (χ1n) is 14.8. The molecule has 13 heteroatoms. The minimum atomic E-state index is -2.47. The Labute approximate surface area is 277 Å². The Kier molecular flexibility index (Phi) is 9.99. The molecule has 0 saturated carbocycles. The fourth-order valence-electron chi connectivity index (χ4n) is 5.78. The van der Waals surface area contributed by atoms with Gasteiger partial charge in [0.05, 0.1) is 14.2 Å². The van der Waals surface area contributed by atoms with Crippen molar-refractivity contribution < 1.29 is 28.0 Å². The van der Waals surface area contributed by atoms with E-state index < -0.39 is 40.5 Å². The van der Waals surface area contributed by atoms with Crippen LogP contribution in [-0.4, -0.2) is 63.7 Å². The van der Waals surface area contributed by atoms with Crippen LogP contribution in [-0.2, 0) is 35.9 Å². The number of aromatic nitrogens is 2. The third kappa shape index (κ3) is 6.67. The third-order valence-electron chi connectivity index (χ3n) is 8.12. The fourth-order valence-corrected chi connectivity index (χ4v) is 13.2. The molecule has 1 unspecified atom stereocenters. The van der Waals surface area contributed by atoms with E-state index in [4.69, 9.17) is 39.8 Å². The maximum atomic E-state index is 12.9. The van der Waals surface area contributed by atoms with E-state index in [2.05, 4.69) is 4.98 Å². The summed E-state index contributed by atoms with van der Waals surface area (Å²) >= 11 is 5.91. The molecule has 3 aromatic carbocycles. The van der Waals surface area contributed by atoms with Crippen molar-refractivity contribution in [3.05, 3.63) is 128 Å². The molecule has 2 aliphatic heterocycles. The zero-order valence-corrected chi connectivity index (χ0v) is 29.0. The predicted molar refractivity (Wildman–Crippen MR) is 179 cm³/mol. The molecule has 0 radical (unpaired) electrons. The van der Waals surface area contributed by atoms with E-state index in [-0.39, 0.29) is 21.1 Å². The van der Waals surface area contributed by atoms with Crippen molar-refractivity contribution in [1.29, 1.82) is 0 Å². The zero-order chi connectivity index (χ0) is 32.3. The summed E-state index contributed by atoms with van der Waals surface area (Å²) in [4.78, 5) is 27.4. The third-order valence-corrected chi connectivity index (χ3v) is 16.6. The number of nitrogens with one attached hydrogen (secondary N) is 1. The Bertz CT molecular complexity index is 1760. The second kappa shape index (κ2) is 14.0. The molecule has 242 valence electrons. The van der Waals surface area contributed by atoms with Crippen LogP contribution in [0.3, 0.4) is 0 Å². The molecule has 2 saturated heterocycles. The summed E-state index contributed by atoms with van der Waals surface area (Å²) in [6, 6.07) is 25.6. The van der Waals surface area contributed by atoms with Gasteiger partial charge >= 0.3 is 265 Å². The van der Waals surface area contributed by atoms with Crippen LogP contribution in [0.5, 0.6) is 11.5 Å². The number of rotatable bonds is 11. The Balaban J connectivity index is 1.42. The SMILES string of the molecule is COc1ccc(C(OC[C@H]2O[C@@H](n3cc(C)c(=O)[nH]c3=O)C[C@@H]2OP2(=S)OCC[Se]2)(c2ccccc2)c2ccc(OC)cc2)cc1. The van der Waals surface area contributed by atoms with Gasteiger partial charge in [0, 0.05) is 0 Å². The van der Waals surface area contributed by atoms with Gasteiger partial charge in [0.2, 0.25) is 0 Å². The number of ether oxygens (including phenoxy) is 4. The molecule has 10 nitrogen and oxygen atoms in total. The number of benzene rings is 3. The summed E-state index contributed by atoms with van der Waals surface area (Å²) in [5.74, 6) is 1.44. The van der Waals surface area contributed by atoms with Crippen molar-refractivity contribution in [2.45, 2.75) is 42.7 Å². The van der Waals surface area contributed by atoms with Gasteiger partial charge in [0.1, 0.15) is 0 Å². The van der Waals surface area contributed by atoms with Crippen LogP contribution in [0.1, 0.15) is 34.9 Å². The van der Waals surface area contributed by atoms with Crippen LogP contribution in [0, 0.1) is 6.92 Å². The van der Waals surface area contributed by atoms with E-state index in [1.54, 1.807) is 21.1 Å². The van der Waals surface area contributed by atoms with Crippen molar-refractivity contribution in [3.63, 3.8) is 0 Å². The number of aryl methyl sites for hydroxylation is 1. The average Bonchev–Trinajstić information content (AvgIpc) is 3.69. The predicted octanol–water partition coefficient (Wildman–Crippen LogP) is 4.92. The van der Waals surface area contributed by atoms with Crippen molar-refractivity contribution >= 4 is 31.5 Å². The number of nitrogens with zero attached hydrogens (tertiary/aromatic N) is 1. The van der Waals surface area contributed by atoms with Gasteiger partial charge in [-0.05, 0) is 0 Å². The van der Waals surface area contributed by atoms with Gasteiger partial charge in [-0.25, -0.2) is 0 Å².